The first kappa shape index (κ1) is 17.5. The van der Waals surface area contributed by atoms with Gasteiger partial charge in [0.15, 0.2) is 6.29 Å². The largest absolute Gasteiger partial charge is 0.353 e. The highest BCUT2D eigenvalue weighted by molar-refractivity contribution is 5.18. The third-order valence-corrected chi connectivity index (χ3v) is 4.61. The molecule has 0 heterocycles. The van der Waals surface area contributed by atoms with Crippen molar-refractivity contribution in [3.63, 3.8) is 0 Å². The number of rotatable bonds is 9. The van der Waals surface area contributed by atoms with E-state index in [0.29, 0.717) is 5.41 Å². The molecule has 2 heteroatoms. The summed E-state index contributed by atoms with van der Waals surface area (Å²) in [5, 5.41) is 0. The molecule has 0 bridgehead atoms. The number of hydrogen-bond donors (Lipinski definition) is 0. The summed E-state index contributed by atoms with van der Waals surface area (Å²) < 4.78 is 11.1. The van der Waals surface area contributed by atoms with Gasteiger partial charge < -0.3 is 9.47 Å². The first-order valence-corrected chi connectivity index (χ1v) is 8.07. The van der Waals surface area contributed by atoms with Gasteiger partial charge in [0.2, 0.25) is 0 Å². The fourth-order valence-electron chi connectivity index (χ4n) is 2.79. The van der Waals surface area contributed by atoms with Crippen LogP contribution in [0.15, 0.2) is 23.8 Å². The van der Waals surface area contributed by atoms with Gasteiger partial charge >= 0.3 is 0 Å². The summed E-state index contributed by atoms with van der Waals surface area (Å²) in [6.07, 6.45) is 11.4. The van der Waals surface area contributed by atoms with Crippen molar-refractivity contribution in [3.05, 3.63) is 23.8 Å². The molecule has 1 unspecified atom stereocenters. The molecule has 0 fully saturated rings. The van der Waals surface area contributed by atoms with Gasteiger partial charge in [-0.3, -0.25) is 0 Å². The minimum Gasteiger partial charge on any atom is -0.353 e. The molecular formula is C18H32O2. The van der Waals surface area contributed by atoms with Crippen LogP contribution in [0.25, 0.3) is 0 Å². The lowest BCUT2D eigenvalue weighted by Gasteiger charge is -2.28. The quantitative estimate of drug-likeness (QED) is 0.432. The molecule has 0 aliphatic heterocycles. The first-order valence-electron chi connectivity index (χ1n) is 8.07. The van der Waals surface area contributed by atoms with Crippen molar-refractivity contribution in [3.8, 4) is 0 Å². The Hall–Kier alpha value is -0.600. The van der Waals surface area contributed by atoms with Crippen LogP contribution in [0, 0.1) is 11.3 Å². The van der Waals surface area contributed by atoms with Crippen LogP contribution in [-0.2, 0) is 9.47 Å². The monoisotopic (exact) mass is 280 g/mol. The van der Waals surface area contributed by atoms with E-state index in [4.69, 9.17) is 9.47 Å². The molecule has 1 aliphatic carbocycles. The maximum Gasteiger partial charge on any atom is 0.157 e. The van der Waals surface area contributed by atoms with Gasteiger partial charge in [-0.05, 0) is 51.4 Å². The Morgan fingerprint density at radius 3 is 2.40 bits per heavy atom. The minimum atomic E-state index is -0.0403. The van der Waals surface area contributed by atoms with E-state index in [1.807, 2.05) is 13.8 Å². The molecule has 0 aromatic carbocycles. The summed E-state index contributed by atoms with van der Waals surface area (Å²) >= 11 is 0. The lowest BCUT2D eigenvalue weighted by atomic mass is 9.76. The molecule has 0 aromatic heterocycles. The van der Waals surface area contributed by atoms with E-state index in [-0.39, 0.29) is 6.29 Å². The van der Waals surface area contributed by atoms with Crippen molar-refractivity contribution >= 4 is 0 Å². The highest BCUT2D eigenvalue weighted by Gasteiger charge is 2.33. The average Bonchev–Trinajstić information content (AvgIpc) is 2.65. The molecule has 1 aliphatic rings. The van der Waals surface area contributed by atoms with Crippen molar-refractivity contribution < 1.29 is 9.47 Å². The van der Waals surface area contributed by atoms with Crippen LogP contribution in [0.4, 0.5) is 0 Å². The van der Waals surface area contributed by atoms with Crippen LogP contribution < -0.4 is 0 Å². The van der Waals surface area contributed by atoms with Gasteiger partial charge in [-0.2, -0.15) is 0 Å². The number of allylic oxidation sites excluding steroid dienone is 4. The summed E-state index contributed by atoms with van der Waals surface area (Å²) in [5.74, 6) is 0.758. The molecule has 0 N–H and O–H groups in total. The second-order valence-corrected chi connectivity index (χ2v) is 6.17. The smallest absolute Gasteiger partial charge is 0.157 e. The molecule has 0 radical (unpaired) electrons. The molecule has 20 heavy (non-hydrogen) atoms. The third-order valence-electron chi connectivity index (χ3n) is 4.61. The van der Waals surface area contributed by atoms with E-state index in [1.54, 1.807) is 5.57 Å². The number of hydrogen-bond acceptors (Lipinski definition) is 2. The standard InChI is InChI=1S/C18H32O2/c1-6-19-17(20-7-2)12-10-8-9-11-16-14-13-15(3)18(16,4)5/h8-9,13,16-17H,6-7,10-12,14H2,1-5H3/b9-8+. The van der Waals surface area contributed by atoms with Crippen LogP contribution in [0.1, 0.15) is 60.3 Å². The molecule has 0 saturated heterocycles. The fourth-order valence-corrected chi connectivity index (χ4v) is 2.79. The second-order valence-electron chi connectivity index (χ2n) is 6.17. The molecule has 0 aromatic rings. The lowest BCUT2D eigenvalue weighted by molar-refractivity contribution is -0.138. The van der Waals surface area contributed by atoms with Crippen LogP contribution in [0.2, 0.25) is 0 Å². The zero-order valence-electron chi connectivity index (χ0n) is 13.9. The highest BCUT2D eigenvalue weighted by atomic mass is 16.7. The highest BCUT2D eigenvalue weighted by Crippen LogP contribution is 2.44. The van der Waals surface area contributed by atoms with E-state index >= 15 is 0 Å². The van der Waals surface area contributed by atoms with Crippen molar-refractivity contribution in [1.29, 1.82) is 0 Å². The summed E-state index contributed by atoms with van der Waals surface area (Å²) in [7, 11) is 0. The van der Waals surface area contributed by atoms with E-state index in [0.717, 1.165) is 32.0 Å². The Labute approximate surface area is 125 Å². The third kappa shape index (κ3) is 5.06. The van der Waals surface area contributed by atoms with E-state index < -0.39 is 0 Å². The molecule has 0 spiro atoms. The summed E-state index contributed by atoms with van der Waals surface area (Å²) in [6.45, 7) is 12.5. The van der Waals surface area contributed by atoms with Crippen LogP contribution >= 0.6 is 0 Å². The summed E-state index contributed by atoms with van der Waals surface area (Å²) in [4.78, 5) is 0. The van der Waals surface area contributed by atoms with E-state index in [2.05, 4.69) is 39.0 Å². The Morgan fingerprint density at radius 2 is 1.90 bits per heavy atom. The average molecular weight is 280 g/mol. The lowest BCUT2D eigenvalue weighted by Crippen LogP contribution is -2.19. The number of ether oxygens (including phenoxy) is 2. The fraction of sp³-hybridized carbons (Fsp3) is 0.778. The SMILES string of the molecule is CCOC(CC/C=C/CC1CC=C(C)C1(C)C)OCC. The van der Waals surface area contributed by atoms with Crippen molar-refractivity contribution in [2.75, 3.05) is 13.2 Å². The van der Waals surface area contributed by atoms with Crippen LogP contribution in [0.5, 0.6) is 0 Å². The zero-order valence-corrected chi connectivity index (χ0v) is 13.9. The van der Waals surface area contributed by atoms with Gasteiger partial charge in [0.05, 0.1) is 0 Å². The van der Waals surface area contributed by atoms with Crippen molar-refractivity contribution in [2.45, 2.75) is 66.6 Å². The maximum atomic E-state index is 5.55. The second kappa shape index (κ2) is 8.63. The summed E-state index contributed by atoms with van der Waals surface area (Å²) in [5.41, 5.74) is 1.91. The van der Waals surface area contributed by atoms with Gasteiger partial charge in [0.25, 0.3) is 0 Å². The Kier molecular flexibility index (Phi) is 7.53. The van der Waals surface area contributed by atoms with Gasteiger partial charge in [0, 0.05) is 19.6 Å². The van der Waals surface area contributed by atoms with Gasteiger partial charge in [0.1, 0.15) is 0 Å². The predicted octanol–water partition coefficient (Wildman–Crippen LogP) is 5.10. The predicted molar refractivity (Wildman–Crippen MR) is 85.7 cm³/mol. The Bertz CT molecular complexity index is 322. The molecule has 0 saturated carbocycles. The Morgan fingerprint density at radius 1 is 1.25 bits per heavy atom. The summed E-state index contributed by atoms with van der Waals surface area (Å²) in [6, 6.07) is 0. The molecule has 1 rings (SSSR count). The molecule has 0 amide bonds. The molecule has 116 valence electrons. The first-order chi connectivity index (χ1) is 9.52. The zero-order chi connectivity index (χ0) is 15.0. The van der Waals surface area contributed by atoms with Gasteiger partial charge in [-0.1, -0.05) is 37.6 Å². The molecule has 1 atom stereocenters. The van der Waals surface area contributed by atoms with Crippen LogP contribution in [-0.4, -0.2) is 19.5 Å². The van der Waals surface area contributed by atoms with Crippen LogP contribution in [0.3, 0.4) is 0 Å². The van der Waals surface area contributed by atoms with E-state index in [1.165, 1.54) is 12.8 Å². The molecule has 2 nitrogen and oxygen atoms in total. The minimum absolute atomic E-state index is 0.0403. The van der Waals surface area contributed by atoms with Crippen molar-refractivity contribution in [2.24, 2.45) is 11.3 Å². The normalized spacial score (nSPS) is 21.9. The van der Waals surface area contributed by atoms with Gasteiger partial charge in [-0.15, -0.1) is 0 Å². The van der Waals surface area contributed by atoms with E-state index in [9.17, 15) is 0 Å². The van der Waals surface area contributed by atoms with Gasteiger partial charge in [-0.25, -0.2) is 0 Å². The topological polar surface area (TPSA) is 18.5 Å². The maximum absolute atomic E-state index is 5.55. The Balaban J connectivity index is 2.25. The molecular weight excluding hydrogens is 248 g/mol. The van der Waals surface area contributed by atoms with Crippen molar-refractivity contribution in [1.82, 2.24) is 0 Å².